The quantitative estimate of drug-likeness (QED) is 0.897. The summed E-state index contributed by atoms with van der Waals surface area (Å²) in [5, 5.41) is 2.69. The Morgan fingerprint density at radius 2 is 2.05 bits per heavy atom. The minimum atomic E-state index is -0.429. The average molecular weight is 303 g/mol. The normalized spacial score (nSPS) is 21.5. The fourth-order valence-electron chi connectivity index (χ4n) is 2.80. The van der Waals surface area contributed by atoms with Gasteiger partial charge in [-0.2, -0.15) is 0 Å². The second-order valence-corrected chi connectivity index (χ2v) is 5.83. The van der Waals surface area contributed by atoms with Crippen LogP contribution in [0.2, 0.25) is 0 Å². The van der Waals surface area contributed by atoms with E-state index < -0.39 is 6.04 Å². The largest absolute Gasteiger partial charge is 0.486 e. The van der Waals surface area contributed by atoms with Crippen molar-refractivity contribution in [2.24, 2.45) is 0 Å². The molecule has 1 aromatic carbocycles. The zero-order valence-corrected chi connectivity index (χ0v) is 12.9. The Kier molecular flexibility index (Phi) is 3.92. The fraction of sp³-hybridized carbons (Fsp3) is 0.500. The van der Waals surface area contributed by atoms with Crippen LogP contribution in [-0.2, 0) is 11.2 Å². The molecule has 2 aliphatic rings. The number of benzene rings is 1. The van der Waals surface area contributed by atoms with Gasteiger partial charge >= 0.3 is 6.03 Å². The molecule has 2 aliphatic heterocycles. The lowest BCUT2D eigenvalue weighted by atomic mass is 10.1. The van der Waals surface area contributed by atoms with Gasteiger partial charge in [0.2, 0.25) is 5.91 Å². The third-order valence-corrected chi connectivity index (χ3v) is 4.21. The number of likely N-dealkylation sites (tertiary alicyclic amines) is 1. The van der Waals surface area contributed by atoms with E-state index >= 15 is 0 Å². The Hall–Kier alpha value is -2.24. The zero-order chi connectivity index (χ0) is 15.7. The summed E-state index contributed by atoms with van der Waals surface area (Å²) in [6, 6.07) is 7.36. The second-order valence-electron chi connectivity index (χ2n) is 5.83. The molecule has 2 fully saturated rings. The van der Waals surface area contributed by atoms with E-state index in [1.54, 1.807) is 11.9 Å². The van der Waals surface area contributed by atoms with E-state index in [1.807, 2.05) is 18.2 Å². The van der Waals surface area contributed by atoms with E-state index in [2.05, 4.69) is 18.3 Å². The molecule has 1 aromatic rings. The molecule has 6 heteroatoms. The maximum atomic E-state index is 12.3. The standard InChI is InChI=1S/C16H21N3O3/c1-3-11-6-4-5-7-14(11)22-12-8-19(9-12)15(20)13-10-18(2)16(21)17-13/h4-7,12-13H,3,8-10H2,1-2H3,(H,17,21)/t13-/m0/s1. The van der Waals surface area contributed by atoms with Crippen LogP contribution >= 0.6 is 0 Å². The fourth-order valence-corrected chi connectivity index (χ4v) is 2.80. The van der Waals surface area contributed by atoms with E-state index in [0.29, 0.717) is 19.6 Å². The van der Waals surface area contributed by atoms with Gasteiger partial charge in [-0.3, -0.25) is 4.79 Å². The van der Waals surface area contributed by atoms with Crippen LogP contribution < -0.4 is 10.1 Å². The smallest absolute Gasteiger partial charge is 0.317 e. The maximum Gasteiger partial charge on any atom is 0.317 e. The minimum Gasteiger partial charge on any atom is -0.486 e. The maximum absolute atomic E-state index is 12.3. The number of carbonyl (C=O) groups excluding carboxylic acids is 2. The first-order valence-corrected chi connectivity index (χ1v) is 7.63. The van der Waals surface area contributed by atoms with Crippen LogP contribution in [0.3, 0.4) is 0 Å². The number of aryl methyl sites for hydroxylation is 1. The van der Waals surface area contributed by atoms with Crippen molar-refractivity contribution in [2.45, 2.75) is 25.5 Å². The molecule has 0 spiro atoms. The minimum absolute atomic E-state index is 0.0265. The van der Waals surface area contributed by atoms with Crippen molar-refractivity contribution in [3.63, 3.8) is 0 Å². The van der Waals surface area contributed by atoms with E-state index in [1.165, 1.54) is 10.5 Å². The first-order chi connectivity index (χ1) is 10.6. The number of rotatable bonds is 4. The highest BCUT2D eigenvalue weighted by atomic mass is 16.5. The predicted octanol–water partition coefficient (Wildman–Crippen LogP) is 0.862. The lowest BCUT2D eigenvalue weighted by Gasteiger charge is -2.40. The molecule has 3 amide bonds. The molecule has 0 bridgehead atoms. The summed E-state index contributed by atoms with van der Waals surface area (Å²) in [7, 11) is 1.69. The summed E-state index contributed by atoms with van der Waals surface area (Å²) in [5.74, 6) is 0.873. The summed E-state index contributed by atoms with van der Waals surface area (Å²) >= 11 is 0. The molecular formula is C16H21N3O3. The predicted molar refractivity (Wildman–Crippen MR) is 81.8 cm³/mol. The number of para-hydroxylation sites is 1. The third kappa shape index (κ3) is 2.73. The van der Waals surface area contributed by atoms with Gasteiger partial charge in [0.1, 0.15) is 17.9 Å². The van der Waals surface area contributed by atoms with E-state index in [4.69, 9.17) is 4.74 Å². The molecule has 3 rings (SSSR count). The molecule has 2 saturated heterocycles. The molecular weight excluding hydrogens is 282 g/mol. The van der Waals surface area contributed by atoms with Crippen molar-refractivity contribution in [1.82, 2.24) is 15.1 Å². The summed E-state index contributed by atoms with van der Waals surface area (Å²) in [4.78, 5) is 26.9. The number of urea groups is 1. The van der Waals surface area contributed by atoms with Gasteiger partial charge < -0.3 is 19.9 Å². The SMILES string of the molecule is CCc1ccccc1OC1CN(C(=O)[C@@H]2CN(C)C(=O)N2)C1. The highest BCUT2D eigenvalue weighted by Gasteiger charge is 2.39. The van der Waals surface area contributed by atoms with Gasteiger partial charge in [0.15, 0.2) is 0 Å². The van der Waals surface area contributed by atoms with Gasteiger partial charge in [-0.25, -0.2) is 4.79 Å². The van der Waals surface area contributed by atoms with Crippen molar-refractivity contribution >= 4 is 11.9 Å². The number of likely N-dealkylation sites (N-methyl/N-ethyl adjacent to an activating group) is 1. The van der Waals surface area contributed by atoms with Crippen LogP contribution in [0.4, 0.5) is 4.79 Å². The first-order valence-electron chi connectivity index (χ1n) is 7.63. The van der Waals surface area contributed by atoms with Gasteiger partial charge in [-0.1, -0.05) is 25.1 Å². The van der Waals surface area contributed by atoms with Crippen molar-refractivity contribution < 1.29 is 14.3 Å². The lowest BCUT2D eigenvalue weighted by molar-refractivity contribution is -0.141. The molecule has 2 heterocycles. The number of nitrogens with one attached hydrogen (secondary N) is 1. The molecule has 1 atom stereocenters. The first kappa shape index (κ1) is 14.7. The van der Waals surface area contributed by atoms with E-state index in [0.717, 1.165) is 12.2 Å². The van der Waals surface area contributed by atoms with Crippen LogP contribution in [0.5, 0.6) is 5.75 Å². The molecule has 118 valence electrons. The van der Waals surface area contributed by atoms with E-state index in [-0.39, 0.29) is 18.0 Å². The molecule has 0 saturated carbocycles. The molecule has 0 unspecified atom stereocenters. The summed E-state index contributed by atoms with van der Waals surface area (Å²) in [5.41, 5.74) is 1.18. The summed E-state index contributed by atoms with van der Waals surface area (Å²) in [6.07, 6.45) is 0.956. The molecule has 1 N–H and O–H groups in total. The average Bonchev–Trinajstić information content (AvgIpc) is 2.82. The second kappa shape index (κ2) is 5.87. The number of amides is 3. The van der Waals surface area contributed by atoms with Crippen LogP contribution in [0.25, 0.3) is 0 Å². The van der Waals surface area contributed by atoms with Crippen molar-refractivity contribution in [3.05, 3.63) is 29.8 Å². The Morgan fingerprint density at radius 1 is 1.32 bits per heavy atom. The van der Waals surface area contributed by atoms with Gasteiger partial charge in [0.25, 0.3) is 0 Å². The van der Waals surface area contributed by atoms with Crippen LogP contribution in [-0.4, -0.2) is 60.6 Å². The van der Waals surface area contributed by atoms with E-state index in [9.17, 15) is 9.59 Å². The number of nitrogens with zero attached hydrogens (tertiary/aromatic N) is 2. The Morgan fingerprint density at radius 3 is 2.68 bits per heavy atom. The molecule has 0 aromatic heterocycles. The number of ether oxygens (including phenoxy) is 1. The highest BCUT2D eigenvalue weighted by Crippen LogP contribution is 2.23. The van der Waals surface area contributed by atoms with Crippen LogP contribution in [0.1, 0.15) is 12.5 Å². The Bertz CT molecular complexity index is 584. The highest BCUT2D eigenvalue weighted by molar-refractivity contribution is 5.90. The number of hydrogen-bond donors (Lipinski definition) is 1. The monoisotopic (exact) mass is 303 g/mol. The van der Waals surface area contributed by atoms with Gasteiger partial charge in [0.05, 0.1) is 19.6 Å². The van der Waals surface area contributed by atoms with Gasteiger partial charge in [-0.05, 0) is 18.1 Å². The van der Waals surface area contributed by atoms with Crippen molar-refractivity contribution in [3.8, 4) is 5.75 Å². The molecule has 6 nitrogen and oxygen atoms in total. The zero-order valence-electron chi connectivity index (χ0n) is 12.9. The summed E-state index contributed by atoms with van der Waals surface area (Å²) in [6.45, 7) is 3.68. The molecule has 0 aliphatic carbocycles. The van der Waals surface area contributed by atoms with Gasteiger partial charge in [0, 0.05) is 7.05 Å². The van der Waals surface area contributed by atoms with Crippen LogP contribution in [0.15, 0.2) is 24.3 Å². The topological polar surface area (TPSA) is 61.9 Å². The van der Waals surface area contributed by atoms with Gasteiger partial charge in [-0.15, -0.1) is 0 Å². The Balaban J connectivity index is 1.52. The molecule has 0 radical (unpaired) electrons. The number of hydrogen-bond acceptors (Lipinski definition) is 3. The number of carbonyl (C=O) groups is 2. The third-order valence-electron chi connectivity index (χ3n) is 4.21. The molecule has 22 heavy (non-hydrogen) atoms. The Labute approximate surface area is 130 Å². The summed E-state index contributed by atoms with van der Waals surface area (Å²) < 4.78 is 5.97. The van der Waals surface area contributed by atoms with Crippen LogP contribution in [0, 0.1) is 0 Å². The van der Waals surface area contributed by atoms with Crippen molar-refractivity contribution in [2.75, 3.05) is 26.7 Å². The van der Waals surface area contributed by atoms with Crippen molar-refractivity contribution in [1.29, 1.82) is 0 Å². The lowest BCUT2D eigenvalue weighted by Crippen LogP contribution is -2.60.